The van der Waals surface area contributed by atoms with E-state index in [-0.39, 0.29) is 5.91 Å². The van der Waals surface area contributed by atoms with Gasteiger partial charge in [-0.2, -0.15) is 0 Å². The highest BCUT2D eigenvalue weighted by atomic mass is 16.5. The Morgan fingerprint density at radius 1 is 1.27 bits per heavy atom. The molecule has 1 aliphatic rings. The molecule has 2 aromatic rings. The highest BCUT2D eigenvalue weighted by molar-refractivity contribution is 5.96. The number of benzene rings is 1. The zero-order chi connectivity index (χ0) is 15.5. The molecule has 1 fully saturated rings. The van der Waals surface area contributed by atoms with Crippen molar-refractivity contribution in [1.82, 2.24) is 10.1 Å². The summed E-state index contributed by atoms with van der Waals surface area (Å²) in [5, 5.41) is 3.99. The van der Waals surface area contributed by atoms with E-state index in [1.807, 2.05) is 24.8 Å². The van der Waals surface area contributed by atoms with Crippen molar-refractivity contribution < 1.29 is 9.32 Å². The molecule has 0 bridgehead atoms. The van der Waals surface area contributed by atoms with Gasteiger partial charge in [0.2, 0.25) is 0 Å². The lowest BCUT2D eigenvalue weighted by Gasteiger charge is -2.32. The molecular formula is C18H22N2O2. The van der Waals surface area contributed by atoms with Crippen LogP contribution in [0.5, 0.6) is 0 Å². The Bertz CT molecular complexity index is 640. The highest BCUT2D eigenvalue weighted by Gasteiger charge is 2.28. The van der Waals surface area contributed by atoms with Crippen LogP contribution in [0.4, 0.5) is 0 Å². The van der Waals surface area contributed by atoms with Crippen molar-refractivity contribution in [3.8, 4) is 0 Å². The van der Waals surface area contributed by atoms with Crippen molar-refractivity contribution in [2.24, 2.45) is 0 Å². The lowest BCUT2D eigenvalue weighted by atomic mass is 9.89. The fraction of sp³-hybridized carbons (Fsp3) is 0.444. The molecule has 1 aromatic heterocycles. The Balaban J connectivity index is 1.69. The minimum atomic E-state index is 0.0714. The monoisotopic (exact) mass is 298 g/mol. The maximum absolute atomic E-state index is 12.7. The normalized spacial score (nSPS) is 16.0. The number of amides is 1. The van der Waals surface area contributed by atoms with Crippen LogP contribution in [0.3, 0.4) is 0 Å². The van der Waals surface area contributed by atoms with E-state index in [1.54, 1.807) is 0 Å². The summed E-state index contributed by atoms with van der Waals surface area (Å²) in [7, 11) is 0. The van der Waals surface area contributed by atoms with Crippen LogP contribution in [0.2, 0.25) is 0 Å². The summed E-state index contributed by atoms with van der Waals surface area (Å²) in [4.78, 5) is 14.7. The first-order chi connectivity index (χ1) is 10.7. The van der Waals surface area contributed by atoms with Gasteiger partial charge in [-0.15, -0.1) is 0 Å². The van der Waals surface area contributed by atoms with Gasteiger partial charge in [-0.25, -0.2) is 0 Å². The van der Waals surface area contributed by atoms with E-state index in [2.05, 4.69) is 29.4 Å². The summed E-state index contributed by atoms with van der Waals surface area (Å²) in [6, 6.07) is 10.6. The number of carbonyl (C=O) groups excluding carboxylic acids is 1. The number of aryl methyl sites for hydroxylation is 2. The van der Waals surface area contributed by atoms with Crippen LogP contribution in [0.15, 0.2) is 34.9 Å². The van der Waals surface area contributed by atoms with Gasteiger partial charge in [0.15, 0.2) is 0 Å². The van der Waals surface area contributed by atoms with E-state index < -0.39 is 0 Å². The summed E-state index contributed by atoms with van der Waals surface area (Å²) in [6.45, 7) is 5.41. The molecule has 1 amide bonds. The Hall–Kier alpha value is -2.10. The fourth-order valence-corrected chi connectivity index (χ4v) is 3.23. The van der Waals surface area contributed by atoms with E-state index in [0.29, 0.717) is 17.2 Å². The zero-order valence-corrected chi connectivity index (χ0v) is 13.2. The lowest BCUT2D eigenvalue weighted by molar-refractivity contribution is 0.0710. The molecule has 22 heavy (non-hydrogen) atoms. The molecule has 0 unspecified atom stereocenters. The van der Waals surface area contributed by atoms with Crippen LogP contribution in [0.25, 0.3) is 0 Å². The summed E-state index contributed by atoms with van der Waals surface area (Å²) < 4.78 is 5.19. The van der Waals surface area contributed by atoms with E-state index >= 15 is 0 Å². The highest BCUT2D eigenvalue weighted by Crippen LogP contribution is 2.29. The van der Waals surface area contributed by atoms with Crippen LogP contribution in [0, 0.1) is 6.92 Å². The topological polar surface area (TPSA) is 46.3 Å². The fourth-order valence-electron chi connectivity index (χ4n) is 3.23. The van der Waals surface area contributed by atoms with Crippen molar-refractivity contribution in [3.05, 3.63) is 52.9 Å². The van der Waals surface area contributed by atoms with Gasteiger partial charge < -0.3 is 9.42 Å². The van der Waals surface area contributed by atoms with Gasteiger partial charge in [0.1, 0.15) is 11.3 Å². The van der Waals surface area contributed by atoms with Gasteiger partial charge in [0.05, 0.1) is 5.69 Å². The third kappa shape index (κ3) is 2.78. The third-order valence-electron chi connectivity index (χ3n) is 4.54. The smallest absolute Gasteiger partial charge is 0.259 e. The molecule has 1 aliphatic heterocycles. The molecule has 4 nitrogen and oxygen atoms in total. The van der Waals surface area contributed by atoms with Crippen LogP contribution in [-0.4, -0.2) is 29.1 Å². The van der Waals surface area contributed by atoms with Gasteiger partial charge in [-0.05, 0) is 37.7 Å². The number of rotatable bonds is 3. The number of piperidine rings is 1. The standard InChI is InChI=1S/C18H22N2O2/c1-3-16-17(13(2)22-19-16)18(21)20-11-9-15(10-12-20)14-7-5-4-6-8-14/h4-8,15H,3,9-12H2,1-2H3. The Morgan fingerprint density at radius 3 is 2.59 bits per heavy atom. The average molecular weight is 298 g/mol. The molecule has 2 heterocycles. The predicted molar refractivity (Wildman–Crippen MR) is 84.9 cm³/mol. The average Bonchev–Trinajstić information content (AvgIpc) is 2.96. The molecule has 0 spiro atoms. The molecule has 0 atom stereocenters. The van der Waals surface area contributed by atoms with Gasteiger partial charge in [-0.3, -0.25) is 4.79 Å². The van der Waals surface area contributed by atoms with Gasteiger partial charge in [0.25, 0.3) is 5.91 Å². The van der Waals surface area contributed by atoms with Gasteiger partial charge >= 0.3 is 0 Å². The molecule has 1 saturated heterocycles. The van der Waals surface area contributed by atoms with Crippen LogP contribution < -0.4 is 0 Å². The second-order valence-electron chi connectivity index (χ2n) is 5.89. The van der Waals surface area contributed by atoms with Crippen molar-refractivity contribution in [3.63, 3.8) is 0 Å². The number of hydrogen-bond donors (Lipinski definition) is 0. The van der Waals surface area contributed by atoms with Gasteiger partial charge in [-0.1, -0.05) is 42.4 Å². The summed E-state index contributed by atoms with van der Waals surface area (Å²) >= 11 is 0. The van der Waals surface area contributed by atoms with E-state index in [9.17, 15) is 4.79 Å². The van der Waals surface area contributed by atoms with Crippen LogP contribution in [-0.2, 0) is 6.42 Å². The van der Waals surface area contributed by atoms with Crippen LogP contribution in [0.1, 0.15) is 53.1 Å². The Kier molecular flexibility index (Phi) is 4.27. The molecule has 1 aromatic carbocycles. The first kappa shape index (κ1) is 14.8. The number of aromatic nitrogens is 1. The lowest BCUT2D eigenvalue weighted by Crippen LogP contribution is -2.38. The molecular weight excluding hydrogens is 276 g/mol. The van der Waals surface area contributed by atoms with E-state index in [1.165, 1.54) is 5.56 Å². The largest absolute Gasteiger partial charge is 0.361 e. The van der Waals surface area contributed by atoms with Crippen molar-refractivity contribution in [2.45, 2.75) is 39.0 Å². The summed E-state index contributed by atoms with van der Waals surface area (Å²) in [5.41, 5.74) is 2.82. The Labute approximate surface area is 131 Å². The molecule has 3 rings (SSSR count). The zero-order valence-electron chi connectivity index (χ0n) is 13.2. The maximum Gasteiger partial charge on any atom is 0.259 e. The van der Waals surface area contributed by atoms with Gasteiger partial charge in [0, 0.05) is 13.1 Å². The molecule has 0 radical (unpaired) electrons. The molecule has 116 valence electrons. The van der Waals surface area contributed by atoms with Crippen molar-refractivity contribution in [2.75, 3.05) is 13.1 Å². The van der Waals surface area contributed by atoms with E-state index in [4.69, 9.17) is 4.52 Å². The van der Waals surface area contributed by atoms with Crippen LogP contribution >= 0.6 is 0 Å². The molecule has 0 aliphatic carbocycles. The number of carbonyl (C=O) groups is 1. The quantitative estimate of drug-likeness (QED) is 0.870. The number of nitrogens with zero attached hydrogens (tertiary/aromatic N) is 2. The second kappa shape index (κ2) is 6.34. The first-order valence-electron chi connectivity index (χ1n) is 8.00. The summed E-state index contributed by atoms with van der Waals surface area (Å²) in [5.74, 6) is 1.26. The second-order valence-corrected chi connectivity index (χ2v) is 5.89. The molecule has 0 saturated carbocycles. The predicted octanol–water partition coefficient (Wildman–Crippen LogP) is 3.57. The summed E-state index contributed by atoms with van der Waals surface area (Å²) in [6.07, 6.45) is 2.75. The minimum absolute atomic E-state index is 0.0714. The number of likely N-dealkylation sites (tertiary alicyclic amines) is 1. The minimum Gasteiger partial charge on any atom is -0.361 e. The Morgan fingerprint density at radius 2 is 1.95 bits per heavy atom. The third-order valence-corrected chi connectivity index (χ3v) is 4.54. The van der Waals surface area contributed by atoms with Crippen molar-refractivity contribution in [1.29, 1.82) is 0 Å². The molecule has 0 N–H and O–H groups in total. The number of hydrogen-bond acceptors (Lipinski definition) is 3. The SMILES string of the molecule is CCc1noc(C)c1C(=O)N1CCC(c2ccccc2)CC1. The molecule has 4 heteroatoms. The van der Waals surface area contributed by atoms with E-state index in [0.717, 1.165) is 38.0 Å². The van der Waals surface area contributed by atoms with Crippen molar-refractivity contribution >= 4 is 5.91 Å². The maximum atomic E-state index is 12.7. The first-order valence-corrected chi connectivity index (χ1v) is 8.00.